The Morgan fingerprint density at radius 1 is 0.900 bits per heavy atom. The van der Waals surface area contributed by atoms with Gasteiger partial charge in [-0.1, -0.05) is 60.7 Å². The normalized spacial score (nSPS) is 16.3. The maximum Gasteiger partial charge on any atom is 0.222 e. The van der Waals surface area contributed by atoms with E-state index in [2.05, 4.69) is 17.1 Å². The number of hydrogen-bond donors (Lipinski definition) is 0. The lowest BCUT2D eigenvalue weighted by Crippen LogP contribution is -2.42. The summed E-state index contributed by atoms with van der Waals surface area (Å²) in [5.41, 5.74) is 3.89. The van der Waals surface area contributed by atoms with Crippen LogP contribution in [0.3, 0.4) is 0 Å². The molecule has 1 fully saturated rings. The van der Waals surface area contributed by atoms with Gasteiger partial charge in [-0.3, -0.25) is 14.6 Å². The number of amides is 1. The zero-order valence-corrected chi connectivity index (χ0v) is 17.0. The van der Waals surface area contributed by atoms with Crippen LogP contribution in [0.2, 0.25) is 0 Å². The van der Waals surface area contributed by atoms with E-state index in [4.69, 9.17) is 0 Å². The van der Waals surface area contributed by atoms with Crippen molar-refractivity contribution < 1.29 is 9.59 Å². The van der Waals surface area contributed by atoms with Crippen LogP contribution >= 0.6 is 0 Å². The van der Waals surface area contributed by atoms with Gasteiger partial charge in [0, 0.05) is 42.9 Å². The molecule has 0 saturated carbocycles. The Morgan fingerprint density at radius 3 is 2.37 bits per heavy atom. The van der Waals surface area contributed by atoms with Crippen LogP contribution in [-0.2, 0) is 11.2 Å². The number of nitrogens with zero attached hydrogens (tertiary/aromatic N) is 2. The molecule has 1 saturated heterocycles. The second-order valence-electron chi connectivity index (χ2n) is 7.81. The molecule has 1 aliphatic rings. The molecule has 152 valence electrons. The molecule has 1 atom stereocenters. The highest BCUT2D eigenvalue weighted by molar-refractivity contribution is 5.98. The number of benzene rings is 2. The number of aromatic nitrogens is 1. The first-order chi connectivity index (χ1) is 14.7. The molecule has 0 radical (unpaired) electrons. The van der Waals surface area contributed by atoms with Crippen molar-refractivity contribution in [3.8, 4) is 11.1 Å². The Morgan fingerprint density at radius 2 is 1.63 bits per heavy atom. The van der Waals surface area contributed by atoms with Gasteiger partial charge >= 0.3 is 0 Å². The number of Topliss-reactive ketones (excluding diaryl/α,β-unsaturated/α-hetero) is 1. The SMILES string of the molecule is O=C(c1ccc(-c2ccccc2)cc1)[C@@H]1CCCN(C(=O)CCc2ccccn2)C1. The zero-order chi connectivity index (χ0) is 20.8. The van der Waals surface area contributed by atoms with E-state index in [1.165, 1.54) is 0 Å². The second kappa shape index (κ2) is 9.49. The van der Waals surface area contributed by atoms with E-state index in [0.29, 0.717) is 19.4 Å². The number of likely N-dealkylation sites (tertiary alicyclic amines) is 1. The number of ketones is 1. The standard InChI is InChI=1S/C26H26N2O2/c29-25(16-15-24-10-4-5-17-27-24)28-18-6-9-23(19-28)26(30)22-13-11-21(12-14-22)20-7-2-1-3-8-20/h1-5,7-8,10-14,17,23H,6,9,15-16,18-19H2/t23-/m1/s1. The molecule has 4 nitrogen and oxygen atoms in total. The average Bonchev–Trinajstić information content (AvgIpc) is 2.83. The van der Waals surface area contributed by atoms with Crippen LogP contribution in [0, 0.1) is 5.92 Å². The van der Waals surface area contributed by atoms with Gasteiger partial charge < -0.3 is 4.90 Å². The summed E-state index contributed by atoms with van der Waals surface area (Å²) >= 11 is 0. The third-order valence-corrected chi connectivity index (χ3v) is 5.74. The molecular weight excluding hydrogens is 372 g/mol. The van der Waals surface area contributed by atoms with E-state index in [-0.39, 0.29) is 17.6 Å². The molecule has 0 aliphatic carbocycles. The van der Waals surface area contributed by atoms with Gasteiger partial charge in [0.05, 0.1) is 0 Å². The lowest BCUT2D eigenvalue weighted by atomic mass is 9.89. The van der Waals surface area contributed by atoms with Crippen LogP contribution in [0.4, 0.5) is 0 Å². The van der Waals surface area contributed by atoms with Crippen LogP contribution in [0.25, 0.3) is 11.1 Å². The molecule has 2 heterocycles. The Kier molecular flexibility index (Phi) is 6.33. The first-order valence-electron chi connectivity index (χ1n) is 10.6. The number of carbonyl (C=O) groups excluding carboxylic acids is 2. The Bertz CT molecular complexity index is 985. The number of carbonyl (C=O) groups is 2. The van der Waals surface area contributed by atoms with Crippen molar-refractivity contribution in [3.63, 3.8) is 0 Å². The molecule has 4 heteroatoms. The predicted molar refractivity (Wildman–Crippen MR) is 118 cm³/mol. The Labute approximate surface area is 177 Å². The van der Waals surface area contributed by atoms with E-state index in [0.717, 1.165) is 41.8 Å². The molecule has 0 spiro atoms. The summed E-state index contributed by atoms with van der Waals surface area (Å²) in [5, 5.41) is 0. The van der Waals surface area contributed by atoms with Crippen molar-refractivity contribution in [2.75, 3.05) is 13.1 Å². The van der Waals surface area contributed by atoms with Gasteiger partial charge in [0.2, 0.25) is 5.91 Å². The minimum atomic E-state index is -0.125. The van der Waals surface area contributed by atoms with E-state index >= 15 is 0 Å². The molecule has 2 aromatic carbocycles. The highest BCUT2D eigenvalue weighted by atomic mass is 16.2. The average molecular weight is 399 g/mol. The number of hydrogen-bond acceptors (Lipinski definition) is 3. The summed E-state index contributed by atoms with van der Waals surface area (Å²) in [4.78, 5) is 31.8. The summed E-state index contributed by atoms with van der Waals surface area (Å²) in [6.45, 7) is 1.25. The van der Waals surface area contributed by atoms with Gasteiger partial charge in [0.1, 0.15) is 0 Å². The Hall–Kier alpha value is -3.27. The summed E-state index contributed by atoms with van der Waals surface area (Å²) in [6.07, 6.45) is 4.52. The van der Waals surface area contributed by atoms with Crippen LogP contribution in [0.1, 0.15) is 35.3 Å². The molecule has 0 unspecified atom stereocenters. The van der Waals surface area contributed by atoms with Crippen molar-refractivity contribution >= 4 is 11.7 Å². The van der Waals surface area contributed by atoms with Gasteiger partial charge in [-0.2, -0.15) is 0 Å². The first-order valence-corrected chi connectivity index (χ1v) is 10.6. The van der Waals surface area contributed by atoms with Crippen LogP contribution in [0.5, 0.6) is 0 Å². The molecule has 0 bridgehead atoms. The second-order valence-corrected chi connectivity index (χ2v) is 7.81. The van der Waals surface area contributed by atoms with E-state index in [9.17, 15) is 9.59 Å². The summed E-state index contributed by atoms with van der Waals surface area (Å²) in [5.74, 6) is 0.120. The van der Waals surface area contributed by atoms with Crippen LogP contribution < -0.4 is 0 Å². The first kappa shape index (κ1) is 20.0. The van der Waals surface area contributed by atoms with Crippen molar-refractivity contribution in [1.29, 1.82) is 0 Å². The van der Waals surface area contributed by atoms with E-state index in [1.54, 1.807) is 6.20 Å². The van der Waals surface area contributed by atoms with Gasteiger partial charge in [0.25, 0.3) is 0 Å². The summed E-state index contributed by atoms with van der Waals surface area (Å²) < 4.78 is 0. The van der Waals surface area contributed by atoms with Gasteiger partial charge in [-0.05, 0) is 42.5 Å². The van der Waals surface area contributed by atoms with Gasteiger partial charge in [-0.25, -0.2) is 0 Å². The van der Waals surface area contributed by atoms with E-state index < -0.39 is 0 Å². The smallest absolute Gasteiger partial charge is 0.222 e. The minimum absolute atomic E-state index is 0.109. The summed E-state index contributed by atoms with van der Waals surface area (Å²) in [7, 11) is 0. The highest BCUT2D eigenvalue weighted by Crippen LogP contribution is 2.24. The van der Waals surface area contributed by atoms with Gasteiger partial charge in [0.15, 0.2) is 5.78 Å². The topological polar surface area (TPSA) is 50.3 Å². The zero-order valence-electron chi connectivity index (χ0n) is 17.0. The van der Waals surface area contributed by atoms with Crippen molar-refractivity contribution in [1.82, 2.24) is 9.88 Å². The minimum Gasteiger partial charge on any atom is -0.342 e. The fourth-order valence-corrected chi connectivity index (χ4v) is 4.05. The third-order valence-electron chi connectivity index (χ3n) is 5.74. The quantitative estimate of drug-likeness (QED) is 0.560. The maximum absolute atomic E-state index is 13.0. The van der Waals surface area contributed by atoms with Gasteiger partial charge in [-0.15, -0.1) is 0 Å². The molecule has 0 N–H and O–H groups in total. The molecule has 1 aromatic heterocycles. The van der Waals surface area contributed by atoms with E-state index in [1.807, 2.05) is 65.6 Å². The molecule has 3 aromatic rings. The highest BCUT2D eigenvalue weighted by Gasteiger charge is 2.28. The predicted octanol–water partition coefficient (Wildman–Crippen LogP) is 4.80. The lowest BCUT2D eigenvalue weighted by Gasteiger charge is -2.32. The summed E-state index contributed by atoms with van der Waals surface area (Å²) in [6, 6.07) is 23.7. The number of piperidine rings is 1. The molecule has 1 amide bonds. The fourth-order valence-electron chi connectivity index (χ4n) is 4.05. The monoisotopic (exact) mass is 398 g/mol. The fraction of sp³-hybridized carbons (Fsp3) is 0.269. The maximum atomic E-state index is 13.0. The number of aryl methyl sites for hydroxylation is 1. The Balaban J connectivity index is 1.36. The molecule has 4 rings (SSSR count). The lowest BCUT2D eigenvalue weighted by molar-refractivity contribution is -0.132. The van der Waals surface area contributed by atoms with Crippen LogP contribution in [0.15, 0.2) is 79.0 Å². The van der Waals surface area contributed by atoms with Crippen LogP contribution in [-0.4, -0.2) is 34.7 Å². The molecule has 30 heavy (non-hydrogen) atoms. The number of rotatable bonds is 6. The number of pyridine rings is 1. The largest absolute Gasteiger partial charge is 0.342 e. The molecular formula is C26H26N2O2. The van der Waals surface area contributed by atoms with Crippen molar-refractivity contribution in [2.24, 2.45) is 5.92 Å². The van der Waals surface area contributed by atoms with Crippen molar-refractivity contribution in [3.05, 3.63) is 90.3 Å². The third kappa shape index (κ3) is 4.82. The molecule has 1 aliphatic heterocycles. The van der Waals surface area contributed by atoms with Crippen molar-refractivity contribution in [2.45, 2.75) is 25.7 Å².